The number of fused-ring (bicyclic) bond motifs is 2. The number of carbonyl (C=O) groups excluding carboxylic acids is 1. The Labute approximate surface area is 199 Å². The lowest BCUT2D eigenvalue weighted by Crippen LogP contribution is -2.02. The van der Waals surface area contributed by atoms with Crippen molar-refractivity contribution in [2.24, 2.45) is 0 Å². The fourth-order valence-electron chi connectivity index (χ4n) is 3.35. The number of furan rings is 1. The SMILES string of the molecule is O=C(/C=C/c1ccc(COc2ccc(F)cc2Cl)o1)c1ccc2c(c1)Nc1ccccc1S2. The standard InChI is InChI=1S/C26H17ClFNO3S/c27-20-14-17(28)6-11-24(20)31-15-19-8-7-18(32-19)9-10-23(30)16-5-12-26-22(13-16)29-21-3-1-2-4-25(21)33-26/h1-14,29H,15H2/b10-9+. The third kappa shape index (κ3) is 4.82. The Morgan fingerprint density at radius 3 is 2.76 bits per heavy atom. The molecule has 0 radical (unpaired) electrons. The summed E-state index contributed by atoms with van der Waals surface area (Å²) in [5.41, 5.74) is 2.52. The lowest BCUT2D eigenvalue weighted by Gasteiger charge is -2.20. The first-order valence-corrected chi connectivity index (χ1v) is 11.3. The lowest BCUT2D eigenvalue weighted by molar-refractivity contribution is 0.104. The van der Waals surface area contributed by atoms with Crippen LogP contribution in [0, 0.1) is 5.82 Å². The second-order valence-corrected chi connectivity index (χ2v) is 8.79. The fraction of sp³-hybridized carbons (Fsp3) is 0.0385. The van der Waals surface area contributed by atoms with Gasteiger partial charge in [-0.15, -0.1) is 0 Å². The van der Waals surface area contributed by atoms with Crippen LogP contribution in [-0.2, 0) is 6.61 Å². The number of hydrogen-bond donors (Lipinski definition) is 1. The normalized spacial score (nSPS) is 12.2. The molecule has 0 amide bonds. The molecule has 4 aromatic rings. The van der Waals surface area contributed by atoms with Gasteiger partial charge in [0.05, 0.1) is 16.4 Å². The van der Waals surface area contributed by atoms with Gasteiger partial charge in [-0.1, -0.05) is 35.5 Å². The minimum atomic E-state index is -0.430. The first-order valence-electron chi connectivity index (χ1n) is 10.1. The van der Waals surface area contributed by atoms with E-state index < -0.39 is 5.82 Å². The number of anilines is 2. The summed E-state index contributed by atoms with van der Waals surface area (Å²) < 4.78 is 24.4. The van der Waals surface area contributed by atoms with Crippen molar-refractivity contribution in [2.75, 3.05) is 5.32 Å². The minimum Gasteiger partial charge on any atom is -0.484 e. The molecular weight excluding hydrogens is 461 g/mol. The van der Waals surface area contributed by atoms with Crippen molar-refractivity contribution >= 4 is 46.6 Å². The van der Waals surface area contributed by atoms with Gasteiger partial charge in [0.15, 0.2) is 5.78 Å². The molecule has 0 saturated heterocycles. The Hall–Kier alpha value is -3.48. The highest BCUT2D eigenvalue weighted by Gasteiger charge is 2.16. The average Bonchev–Trinajstić information content (AvgIpc) is 3.28. The van der Waals surface area contributed by atoms with Gasteiger partial charge in [-0.2, -0.15) is 0 Å². The van der Waals surface area contributed by atoms with Gasteiger partial charge in [0, 0.05) is 15.4 Å². The van der Waals surface area contributed by atoms with Gasteiger partial charge in [0.2, 0.25) is 0 Å². The molecule has 33 heavy (non-hydrogen) atoms. The zero-order valence-corrected chi connectivity index (χ0v) is 18.8. The van der Waals surface area contributed by atoms with Crippen LogP contribution in [-0.4, -0.2) is 5.78 Å². The van der Waals surface area contributed by atoms with Crippen molar-refractivity contribution in [2.45, 2.75) is 16.4 Å². The molecule has 2 heterocycles. The third-order valence-electron chi connectivity index (χ3n) is 4.99. The molecule has 0 fully saturated rings. The number of para-hydroxylation sites is 1. The average molecular weight is 478 g/mol. The summed E-state index contributed by atoms with van der Waals surface area (Å²) >= 11 is 7.64. The number of carbonyl (C=O) groups is 1. The molecule has 0 aliphatic carbocycles. The van der Waals surface area contributed by atoms with Crippen molar-refractivity contribution in [3.05, 3.63) is 107 Å². The number of ether oxygens (including phenoxy) is 1. The topological polar surface area (TPSA) is 51.5 Å². The highest BCUT2D eigenvalue weighted by atomic mass is 35.5. The van der Waals surface area contributed by atoms with E-state index in [0.29, 0.717) is 22.8 Å². The molecule has 0 atom stereocenters. The number of allylic oxidation sites excluding steroid dienone is 1. The highest BCUT2D eigenvalue weighted by molar-refractivity contribution is 7.99. The van der Waals surface area contributed by atoms with Crippen LogP contribution in [0.3, 0.4) is 0 Å². The molecule has 1 aliphatic heterocycles. The molecule has 0 saturated carbocycles. The molecule has 1 aromatic heterocycles. The maximum Gasteiger partial charge on any atom is 0.186 e. The number of hydrogen-bond acceptors (Lipinski definition) is 5. The first kappa shape index (κ1) is 21.4. The van der Waals surface area contributed by atoms with Crippen molar-refractivity contribution in [1.29, 1.82) is 0 Å². The molecule has 7 heteroatoms. The molecular formula is C26H17ClFNO3S. The smallest absolute Gasteiger partial charge is 0.186 e. The second-order valence-electron chi connectivity index (χ2n) is 7.30. The Morgan fingerprint density at radius 1 is 1.03 bits per heavy atom. The van der Waals surface area contributed by atoms with Gasteiger partial charge in [-0.3, -0.25) is 4.79 Å². The van der Waals surface area contributed by atoms with Gasteiger partial charge < -0.3 is 14.5 Å². The van der Waals surface area contributed by atoms with Gasteiger partial charge in [-0.05, 0) is 72.8 Å². The molecule has 3 aromatic carbocycles. The van der Waals surface area contributed by atoms with Crippen LogP contribution in [0.25, 0.3) is 6.08 Å². The molecule has 5 rings (SSSR count). The Morgan fingerprint density at radius 2 is 1.88 bits per heavy atom. The number of ketones is 1. The predicted octanol–water partition coefficient (Wildman–Crippen LogP) is 7.76. The van der Waals surface area contributed by atoms with E-state index in [-0.39, 0.29) is 17.4 Å². The van der Waals surface area contributed by atoms with E-state index in [4.69, 9.17) is 20.8 Å². The molecule has 0 unspecified atom stereocenters. The van der Waals surface area contributed by atoms with Crippen LogP contribution in [0.4, 0.5) is 15.8 Å². The number of benzene rings is 3. The van der Waals surface area contributed by atoms with E-state index in [0.717, 1.165) is 21.2 Å². The van der Waals surface area contributed by atoms with E-state index in [1.165, 1.54) is 24.3 Å². The van der Waals surface area contributed by atoms with Crippen molar-refractivity contribution in [3.63, 3.8) is 0 Å². The minimum absolute atomic E-state index is 0.128. The van der Waals surface area contributed by atoms with Crippen LogP contribution in [0.5, 0.6) is 5.75 Å². The fourth-order valence-corrected chi connectivity index (χ4v) is 4.54. The van der Waals surface area contributed by atoms with Crippen LogP contribution in [0.15, 0.2) is 93.1 Å². The molecule has 1 aliphatic rings. The lowest BCUT2D eigenvalue weighted by atomic mass is 10.1. The summed E-state index contributed by atoms with van der Waals surface area (Å²) in [6.45, 7) is 0.128. The number of rotatable bonds is 6. The summed E-state index contributed by atoms with van der Waals surface area (Å²) in [6.07, 6.45) is 3.10. The summed E-state index contributed by atoms with van der Waals surface area (Å²) in [6, 6.07) is 21.1. The van der Waals surface area contributed by atoms with Crippen LogP contribution >= 0.6 is 23.4 Å². The van der Waals surface area contributed by atoms with E-state index in [1.807, 2.05) is 36.4 Å². The van der Waals surface area contributed by atoms with Crippen LogP contribution < -0.4 is 10.1 Å². The Balaban J connectivity index is 1.23. The van der Waals surface area contributed by atoms with Crippen molar-refractivity contribution in [1.82, 2.24) is 0 Å². The first-order chi connectivity index (χ1) is 16.0. The summed E-state index contributed by atoms with van der Waals surface area (Å²) in [5, 5.41) is 3.58. The van der Waals surface area contributed by atoms with Gasteiger partial charge in [-0.25, -0.2) is 4.39 Å². The molecule has 1 N–H and O–H groups in total. The zero-order valence-electron chi connectivity index (χ0n) is 17.2. The van der Waals surface area contributed by atoms with E-state index >= 15 is 0 Å². The summed E-state index contributed by atoms with van der Waals surface area (Å²) in [4.78, 5) is 14.9. The quantitative estimate of drug-likeness (QED) is 0.200. The third-order valence-corrected chi connectivity index (χ3v) is 6.43. The largest absolute Gasteiger partial charge is 0.484 e. The van der Waals surface area contributed by atoms with Crippen molar-refractivity contribution in [3.8, 4) is 5.75 Å². The highest BCUT2D eigenvalue weighted by Crippen LogP contribution is 2.44. The summed E-state index contributed by atoms with van der Waals surface area (Å²) in [7, 11) is 0. The van der Waals surface area contributed by atoms with Gasteiger partial charge in [0.1, 0.15) is 29.7 Å². The maximum absolute atomic E-state index is 13.1. The molecule has 4 nitrogen and oxygen atoms in total. The number of halogens is 2. The monoisotopic (exact) mass is 477 g/mol. The van der Waals surface area contributed by atoms with E-state index in [2.05, 4.69) is 11.4 Å². The second kappa shape index (κ2) is 9.17. The Bertz CT molecular complexity index is 1380. The summed E-state index contributed by atoms with van der Waals surface area (Å²) in [5.74, 6) is 0.879. The van der Waals surface area contributed by atoms with Crippen LogP contribution in [0.1, 0.15) is 21.9 Å². The number of nitrogens with one attached hydrogen (secondary N) is 1. The maximum atomic E-state index is 13.1. The van der Waals surface area contributed by atoms with E-state index in [9.17, 15) is 9.18 Å². The van der Waals surface area contributed by atoms with Crippen molar-refractivity contribution < 1.29 is 18.3 Å². The van der Waals surface area contributed by atoms with Gasteiger partial charge >= 0.3 is 0 Å². The zero-order chi connectivity index (χ0) is 22.8. The Kier molecular flexibility index (Phi) is 5.94. The molecule has 164 valence electrons. The van der Waals surface area contributed by atoms with Crippen LogP contribution in [0.2, 0.25) is 5.02 Å². The van der Waals surface area contributed by atoms with Gasteiger partial charge in [0.25, 0.3) is 0 Å². The molecule has 0 bridgehead atoms. The molecule has 0 spiro atoms. The predicted molar refractivity (Wildman–Crippen MR) is 128 cm³/mol. The van der Waals surface area contributed by atoms with E-state index in [1.54, 1.807) is 30.0 Å².